The summed E-state index contributed by atoms with van der Waals surface area (Å²) >= 11 is 0. The van der Waals surface area contributed by atoms with Crippen molar-refractivity contribution >= 4 is 11.9 Å². The van der Waals surface area contributed by atoms with Crippen LogP contribution in [0.4, 0.5) is 0 Å². The number of carbonyl (C=O) groups is 2. The summed E-state index contributed by atoms with van der Waals surface area (Å²) in [4.78, 5) is 38.1. The third kappa shape index (κ3) is 7.66. The Balaban J connectivity index is 0.000000227. The van der Waals surface area contributed by atoms with E-state index < -0.39 is 11.9 Å². The number of rotatable bonds is 6. The SMILES string of the molecule is O=C(O)Cc1cccnc1-c1ccccn1.O=C(O)Cc1cccnc1-c1ccccn1.[Zn]. The molecular formula is C24H20N4O4Zn. The zero-order valence-corrected chi connectivity index (χ0v) is 20.7. The van der Waals surface area contributed by atoms with Crippen LogP contribution in [0.2, 0.25) is 0 Å². The van der Waals surface area contributed by atoms with Gasteiger partial charge in [0.2, 0.25) is 0 Å². The van der Waals surface area contributed by atoms with E-state index in [9.17, 15) is 9.59 Å². The van der Waals surface area contributed by atoms with Crippen molar-refractivity contribution in [3.8, 4) is 22.8 Å². The second-order valence-electron chi connectivity index (χ2n) is 6.59. The molecule has 0 radical (unpaired) electrons. The topological polar surface area (TPSA) is 126 Å². The Kier molecular flexibility index (Phi) is 9.92. The number of aliphatic carboxylic acids is 2. The number of carboxylic acids is 2. The molecule has 4 aromatic rings. The molecule has 0 aliphatic carbocycles. The molecule has 0 saturated heterocycles. The summed E-state index contributed by atoms with van der Waals surface area (Å²) in [5.41, 5.74) is 4.00. The smallest absolute Gasteiger partial charge is 0.307 e. The van der Waals surface area contributed by atoms with Gasteiger partial charge in [-0.15, -0.1) is 0 Å². The minimum atomic E-state index is -0.870. The maximum absolute atomic E-state index is 10.7. The van der Waals surface area contributed by atoms with Crippen molar-refractivity contribution in [3.63, 3.8) is 0 Å². The molecule has 4 rings (SSSR count). The molecule has 0 fully saturated rings. The number of nitrogens with zero attached hydrogens (tertiary/aromatic N) is 4. The van der Waals surface area contributed by atoms with Gasteiger partial charge >= 0.3 is 11.9 Å². The molecule has 0 aromatic carbocycles. The fourth-order valence-electron chi connectivity index (χ4n) is 2.96. The summed E-state index contributed by atoms with van der Waals surface area (Å²) in [6.45, 7) is 0. The molecule has 4 heterocycles. The molecule has 0 spiro atoms. The van der Waals surface area contributed by atoms with E-state index in [0.717, 1.165) is 0 Å². The Labute approximate surface area is 203 Å². The molecule has 0 unspecified atom stereocenters. The van der Waals surface area contributed by atoms with Crippen molar-refractivity contribution in [1.29, 1.82) is 0 Å². The van der Waals surface area contributed by atoms with Gasteiger partial charge in [0.1, 0.15) is 0 Å². The molecule has 0 aliphatic heterocycles. The third-order valence-electron chi connectivity index (χ3n) is 4.28. The summed E-state index contributed by atoms with van der Waals surface area (Å²) in [6.07, 6.45) is 6.51. The fraction of sp³-hybridized carbons (Fsp3) is 0.0833. The first-order valence-electron chi connectivity index (χ1n) is 9.68. The Morgan fingerprint density at radius 2 is 0.970 bits per heavy atom. The molecule has 9 heteroatoms. The Morgan fingerprint density at radius 1 is 0.576 bits per heavy atom. The van der Waals surface area contributed by atoms with E-state index in [1.54, 1.807) is 49.1 Å². The third-order valence-corrected chi connectivity index (χ3v) is 4.28. The van der Waals surface area contributed by atoms with Crippen LogP contribution in [0.1, 0.15) is 11.1 Å². The van der Waals surface area contributed by atoms with Gasteiger partial charge in [0.25, 0.3) is 0 Å². The Hall–Kier alpha value is -3.84. The van der Waals surface area contributed by atoms with E-state index in [0.29, 0.717) is 33.9 Å². The fourth-order valence-corrected chi connectivity index (χ4v) is 2.96. The van der Waals surface area contributed by atoms with Crippen molar-refractivity contribution in [2.24, 2.45) is 0 Å². The predicted octanol–water partition coefficient (Wildman–Crippen LogP) is 3.54. The zero-order valence-electron chi connectivity index (χ0n) is 17.7. The van der Waals surface area contributed by atoms with E-state index in [4.69, 9.17) is 10.2 Å². The summed E-state index contributed by atoms with van der Waals surface area (Å²) in [7, 11) is 0. The molecule has 0 bridgehead atoms. The van der Waals surface area contributed by atoms with E-state index in [1.165, 1.54) is 0 Å². The van der Waals surface area contributed by atoms with Gasteiger partial charge in [-0.05, 0) is 47.5 Å². The second-order valence-corrected chi connectivity index (χ2v) is 6.59. The van der Waals surface area contributed by atoms with Gasteiger partial charge in [-0.25, -0.2) is 0 Å². The van der Waals surface area contributed by atoms with E-state index in [1.807, 2.05) is 36.4 Å². The van der Waals surface area contributed by atoms with Gasteiger partial charge in [-0.3, -0.25) is 29.5 Å². The van der Waals surface area contributed by atoms with Crippen LogP contribution >= 0.6 is 0 Å². The van der Waals surface area contributed by atoms with Crippen LogP contribution in [0.15, 0.2) is 85.5 Å². The number of hydrogen-bond acceptors (Lipinski definition) is 6. The molecule has 0 saturated carbocycles. The molecule has 162 valence electrons. The molecule has 33 heavy (non-hydrogen) atoms. The molecule has 8 nitrogen and oxygen atoms in total. The normalized spacial score (nSPS) is 9.70. The largest absolute Gasteiger partial charge is 0.481 e. The maximum Gasteiger partial charge on any atom is 0.307 e. The van der Waals surface area contributed by atoms with Crippen LogP contribution < -0.4 is 0 Å². The van der Waals surface area contributed by atoms with Crippen LogP contribution in [-0.2, 0) is 41.9 Å². The van der Waals surface area contributed by atoms with E-state index >= 15 is 0 Å². The number of pyridine rings is 4. The van der Waals surface area contributed by atoms with Gasteiger partial charge < -0.3 is 10.2 Å². The molecule has 4 aromatic heterocycles. The summed E-state index contributed by atoms with van der Waals surface area (Å²) in [6, 6.07) is 17.9. The quantitative estimate of drug-likeness (QED) is 0.391. The van der Waals surface area contributed by atoms with Crippen molar-refractivity contribution in [2.45, 2.75) is 12.8 Å². The first kappa shape index (κ1) is 25.4. The van der Waals surface area contributed by atoms with Crippen LogP contribution in [0.5, 0.6) is 0 Å². The number of aromatic nitrogens is 4. The molecular weight excluding hydrogens is 474 g/mol. The Bertz CT molecular complexity index is 1100. The zero-order chi connectivity index (χ0) is 22.8. The van der Waals surface area contributed by atoms with Crippen LogP contribution in [0.25, 0.3) is 22.8 Å². The first-order valence-corrected chi connectivity index (χ1v) is 9.68. The number of hydrogen-bond donors (Lipinski definition) is 2. The predicted molar refractivity (Wildman–Crippen MR) is 118 cm³/mol. The molecule has 0 aliphatic rings. The molecule has 0 atom stereocenters. The van der Waals surface area contributed by atoms with Gasteiger partial charge in [-0.2, -0.15) is 0 Å². The van der Waals surface area contributed by atoms with Crippen LogP contribution in [0, 0.1) is 0 Å². The molecule has 2 N–H and O–H groups in total. The minimum Gasteiger partial charge on any atom is -0.481 e. The van der Waals surface area contributed by atoms with Crippen LogP contribution in [0.3, 0.4) is 0 Å². The Morgan fingerprint density at radius 3 is 1.30 bits per heavy atom. The van der Waals surface area contributed by atoms with Crippen molar-refractivity contribution in [3.05, 3.63) is 96.6 Å². The standard InChI is InChI=1S/2C12H10N2O2.Zn/c2*15-11(16)8-9-4-3-7-14-12(9)10-5-1-2-6-13-10;/h2*1-7H,8H2,(H,15,16);. The van der Waals surface area contributed by atoms with Crippen molar-refractivity contribution < 1.29 is 39.3 Å². The molecule has 0 amide bonds. The van der Waals surface area contributed by atoms with E-state index in [2.05, 4.69) is 19.9 Å². The average Bonchev–Trinajstić information content (AvgIpc) is 2.81. The minimum absolute atomic E-state index is 0. The monoisotopic (exact) mass is 492 g/mol. The van der Waals surface area contributed by atoms with Gasteiger partial charge in [0.05, 0.1) is 35.6 Å². The van der Waals surface area contributed by atoms with Crippen LogP contribution in [-0.4, -0.2) is 42.1 Å². The summed E-state index contributed by atoms with van der Waals surface area (Å²) < 4.78 is 0. The first-order chi connectivity index (χ1) is 15.5. The van der Waals surface area contributed by atoms with Crippen molar-refractivity contribution in [2.75, 3.05) is 0 Å². The van der Waals surface area contributed by atoms with Gasteiger partial charge in [0, 0.05) is 44.3 Å². The summed E-state index contributed by atoms with van der Waals surface area (Å²) in [5, 5.41) is 17.6. The van der Waals surface area contributed by atoms with Gasteiger partial charge in [0.15, 0.2) is 0 Å². The maximum atomic E-state index is 10.7. The van der Waals surface area contributed by atoms with E-state index in [-0.39, 0.29) is 32.3 Å². The van der Waals surface area contributed by atoms with Crippen molar-refractivity contribution in [1.82, 2.24) is 19.9 Å². The number of carboxylic acid groups (broad SMARTS) is 2. The second kappa shape index (κ2) is 12.9. The summed E-state index contributed by atoms with van der Waals surface area (Å²) in [5.74, 6) is -1.74. The average molecular weight is 494 g/mol. The van der Waals surface area contributed by atoms with Gasteiger partial charge in [-0.1, -0.05) is 24.3 Å².